The minimum Gasteiger partial charge on any atom is -0.508 e. The molecule has 1 aromatic rings. The molecule has 0 fully saturated rings. The van der Waals surface area contributed by atoms with Gasteiger partial charge in [0.25, 0.3) is 0 Å². The van der Waals surface area contributed by atoms with E-state index in [0.29, 0.717) is 12.0 Å². The third-order valence-corrected chi connectivity index (χ3v) is 5.86. The average molecular weight is 537 g/mol. The predicted molar refractivity (Wildman–Crippen MR) is 135 cm³/mol. The standard InChI is InChI=1S/C24H36N6O8/c1-3-12(2)20(24(37)38)30-23(36)17(11-19(27)33)29-22(35)16(10-13-4-6-14(31)7-5-13)28-21(34)15(25)8-9-18(26)32/h4-7,12,15-17,20,31H,3,8-11,25H2,1-2H3,(H2,26,32)(H2,27,33)(H,28,34)(H,29,35)(H,30,36)(H,37,38). The summed E-state index contributed by atoms with van der Waals surface area (Å²) < 4.78 is 0. The lowest BCUT2D eigenvalue weighted by Gasteiger charge is -2.26. The number of primary amides is 2. The van der Waals surface area contributed by atoms with E-state index >= 15 is 0 Å². The first-order valence-corrected chi connectivity index (χ1v) is 12.0. The van der Waals surface area contributed by atoms with Gasteiger partial charge in [-0.15, -0.1) is 0 Å². The fourth-order valence-corrected chi connectivity index (χ4v) is 3.40. The molecule has 0 radical (unpaired) electrons. The van der Waals surface area contributed by atoms with E-state index in [1.165, 1.54) is 24.3 Å². The molecule has 0 saturated heterocycles. The van der Waals surface area contributed by atoms with Gasteiger partial charge in [0, 0.05) is 12.8 Å². The minimum atomic E-state index is -1.53. The Morgan fingerprint density at radius 2 is 1.42 bits per heavy atom. The number of nitrogens with one attached hydrogen (secondary N) is 3. The number of carboxylic acids is 1. The van der Waals surface area contributed by atoms with Crippen LogP contribution in [0.4, 0.5) is 0 Å². The fraction of sp³-hybridized carbons (Fsp3) is 0.500. The molecule has 0 aliphatic carbocycles. The van der Waals surface area contributed by atoms with E-state index in [2.05, 4.69) is 16.0 Å². The Labute approximate surface area is 219 Å². The molecule has 5 unspecified atom stereocenters. The maximum absolute atomic E-state index is 13.2. The summed E-state index contributed by atoms with van der Waals surface area (Å²) >= 11 is 0. The number of rotatable bonds is 16. The first-order chi connectivity index (χ1) is 17.7. The Morgan fingerprint density at radius 1 is 0.868 bits per heavy atom. The highest BCUT2D eigenvalue weighted by Crippen LogP contribution is 2.13. The third-order valence-electron chi connectivity index (χ3n) is 5.86. The summed E-state index contributed by atoms with van der Waals surface area (Å²) in [5, 5.41) is 26.1. The number of hydrogen-bond acceptors (Lipinski definition) is 8. The van der Waals surface area contributed by atoms with Crippen molar-refractivity contribution in [3.8, 4) is 5.75 Å². The van der Waals surface area contributed by atoms with Crippen LogP contribution in [-0.4, -0.2) is 69.9 Å². The fourth-order valence-electron chi connectivity index (χ4n) is 3.40. The molecule has 0 bridgehead atoms. The Bertz CT molecular complexity index is 1020. The number of carbonyl (C=O) groups is 6. The molecule has 210 valence electrons. The molecule has 0 saturated carbocycles. The molecule has 1 rings (SSSR count). The highest BCUT2D eigenvalue weighted by atomic mass is 16.4. The molecular formula is C24H36N6O8. The largest absolute Gasteiger partial charge is 0.508 e. The van der Waals surface area contributed by atoms with Crippen molar-refractivity contribution < 1.29 is 39.0 Å². The second-order valence-corrected chi connectivity index (χ2v) is 8.98. The monoisotopic (exact) mass is 536 g/mol. The summed E-state index contributed by atoms with van der Waals surface area (Å²) in [5.41, 5.74) is 16.6. The van der Waals surface area contributed by atoms with E-state index in [0.717, 1.165) is 0 Å². The molecule has 0 heterocycles. The van der Waals surface area contributed by atoms with Crippen molar-refractivity contribution in [2.45, 2.75) is 70.1 Å². The van der Waals surface area contributed by atoms with E-state index in [1.54, 1.807) is 13.8 Å². The number of amides is 5. The average Bonchev–Trinajstić information content (AvgIpc) is 2.84. The van der Waals surface area contributed by atoms with Crippen LogP contribution in [0.25, 0.3) is 0 Å². The van der Waals surface area contributed by atoms with Crippen LogP contribution in [0.15, 0.2) is 24.3 Å². The molecule has 1 aromatic carbocycles. The van der Waals surface area contributed by atoms with Crippen LogP contribution in [0.5, 0.6) is 5.75 Å². The van der Waals surface area contributed by atoms with Crippen LogP contribution in [-0.2, 0) is 35.2 Å². The smallest absolute Gasteiger partial charge is 0.326 e. The van der Waals surface area contributed by atoms with Crippen LogP contribution < -0.4 is 33.2 Å². The van der Waals surface area contributed by atoms with Crippen LogP contribution in [0.2, 0.25) is 0 Å². The number of carbonyl (C=O) groups excluding carboxylic acids is 5. The zero-order valence-corrected chi connectivity index (χ0v) is 21.3. The number of phenolic OH excluding ortho intramolecular Hbond substituents is 1. The lowest BCUT2D eigenvalue weighted by atomic mass is 9.98. The molecule has 11 N–H and O–H groups in total. The topological polar surface area (TPSA) is 257 Å². The first kappa shape index (κ1) is 31.8. The van der Waals surface area contributed by atoms with Gasteiger partial charge < -0.3 is 43.4 Å². The van der Waals surface area contributed by atoms with Gasteiger partial charge in [0.1, 0.15) is 23.9 Å². The maximum atomic E-state index is 13.2. The third kappa shape index (κ3) is 10.8. The number of aromatic hydroxyl groups is 1. The predicted octanol–water partition coefficient (Wildman–Crippen LogP) is -2.01. The molecule has 0 spiro atoms. The Morgan fingerprint density at radius 3 is 1.92 bits per heavy atom. The molecule has 14 heteroatoms. The number of nitrogens with two attached hydrogens (primary N) is 3. The van der Waals surface area contributed by atoms with Crippen molar-refractivity contribution in [2.24, 2.45) is 23.1 Å². The van der Waals surface area contributed by atoms with Crippen molar-refractivity contribution in [1.29, 1.82) is 0 Å². The molecule has 5 atom stereocenters. The second-order valence-electron chi connectivity index (χ2n) is 8.98. The van der Waals surface area contributed by atoms with Crippen LogP contribution >= 0.6 is 0 Å². The van der Waals surface area contributed by atoms with Crippen molar-refractivity contribution >= 4 is 35.5 Å². The number of phenols is 1. The van der Waals surface area contributed by atoms with E-state index in [-0.39, 0.29) is 25.0 Å². The van der Waals surface area contributed by atoms with Gasteiger partial charge in [0.05, 0.1) is 12.5 Å². The molecule has 0 aliphatic rings. The second kappa shape index (κ2) is 15.1. The molecule has 14 nitrogen and oxygen atoms in total. The van der Waals surface area contributed by atoms with Gasteiger partial charge in [-0.3, -0.25) is 24.0 Å². The number of aliphatic carboxylic acids is 1. The van der Waals surface area contributed by atoms with Crippen LogP contribution in [0.3, 0.4) is 0 Å². The number of hydrogen-bond donors (Lipinski definition) is 8. The van der Waals surface area contributed by atoms with Gasteiger partial charge in [0.2, 0.25) is 29.5 Å². The zero-order chi connectivity index (χ0) is 29.0. The SMILES string of the molecule is CCC(C)C(NC(=O)C(CC(N)=O)NC(=O)C(Cc1ccc(O)cc1)NC(=O)C(N)CCC(N)=O)C(=O)O. The summed E-state index contributed by atoms with van der Waals surface area (Å²) in [6.45, 7) is 3.35. The summed E-state index contributed by atoms with van der Waals surface area (Å²) in [4.78, 5) is 72.9. The van der Waals surface area contributed by atoms with Gasteiger partial charge in [-0.1, -0.05) is 32.4 Å². The van der Waals surface area contributed by atoms with Crippen molar-refractivity contribution in [3.05, 3.63) is 29.8 Å². The van der Waals surface area contributed by atoms with Crippen LogP contribution in [0.1, 0.15) is 45.1 Å². The van der Waals surface area contributed by atoms with Crippen molar-refractivity contribution in [2.75, 3.05) is 0 Å². The van der Waals surface area contributed by atoms with E-state index in [9.17, 15) is 39.0 Å². The molecule has 0 aromatic heterocycles. The first-order valence-electron chi connectivity index (χ1n) is 12.0. The summed E-state index contributed by atoms with van der Waals surface area (Å²) in [6, 6.07) is 0.458. The normalized spacial score (nSPS) is 14.7. The van der Waals surface area contributed by atoms with E-state index in [4.69, 9.17) is 17.2 Å². The van der Waals surface area contributed by atoms with E-state index < -0.39 is 72.0 Å². The van der Waals surface area contributed by atoms with Gasteiger partial charge in [0.15, 0.2) is 0 Å². The lowest BCUT2D eigenvalue weighted by Crippen LogP contribution is -2.58. The van der Waals surface area contributed by atoms with Gasteiger partial charge in [-0.05, 0) is 30.0 Å². The van der Waals surface area contributed by atoms with Crippen molar-refractivity contribution in [1.82, 2.24) is 16.0 Å². The molecular weight excluding hydrogens is 500 g/mol. The molecule has 0 aliphatic heterocycles. The minimum absolute atomic E-state index is 0.0280. The highest BCUT2D eigenvalue weighted by molar-refractivity contribution is 5.96. The number of benzene rings is 1. The van der Waals surface area contributed by atoms with Crippen molar-refractivity contribution in [3.63, 3.8) is 0 Å². The maximum Gasteiger partial charge on any atom is 0.326 e. The van der Waals surface area contributed by atoms with Gasteiger partial charge >= 0.3 is 5.97 Å². The Kier molecular flexibility index (Phi) is 12.7. The quantitative estimate of drug-likeness (QED) is 0.116. The van der Waals surface area contributed by atoms with Gasteiger partial charge in [-0.2, -0.15) is 0 Å². The Balaban J connectivity index is 3.16. The zero-order valence-electron chi connectivity index (χ0n) is 21.3. The summed E-state index contributed by atoms with van der Waals surface area (Å²) in [6.07, 6.45) is -0.544. The number of carboxylic acid groups (broad SMARTS) is 1. The molecule has 38 heavy (non-hydrogen) atoms. The molecule has 5 amide bonds. The lowest BCUT2D eigenvalue weighted by molar-refractivity contribution is -0.144. The summed E-state index contributed by atoms with van der Waals surface area (Å²) in [7, 11) is 0. The van der Waals surface area contributed by atoms with Crippen LogP contribution in [0, 0.1) is 5.92 Å². The Hall–Kier alpha value is -4.20. The van der Waals surface area contributed by atoms with E-state index in [1.807, 2.05) is 0 Å². The highest BCUT2D eigenvalue weighted by Gasteiger charge is 2.32. The van der Waals surface area contributed by atoms with Gasteiger partial charge in [-0.25, -0.2) is 4.79 Å². The summed E-state index contributed by atoms with van der Waals surface area (Å²) in [5.74, 6) is -5.98.